The fourth-order valence-corrected chi connectivity index (χ4v) is 0.220. The number of quaternary nitrogens is 1. The summed E-state index contributed by atoms with van der Waals surface area (Å²) in [7, 11) is 0. The highest BCUT2D eigenvalue weighted by molar-refractivity contribution is 5.82. The Morgan fingerprint density at radius 2 is 2.38 bits per heavy atom. The van der Waals surface area contributed by atoms with Crippen LogP contribution in [0.2, 0.25) is 0 Å². The molecule has 0 amide bonds. The quantitative estimate of drug-likeness (QED) is 0.409. The van der Waals surface area contributed by atoms with Crippen molar-refractivity contribution in [2.45, 2.75) is 6.92 Å². The Balaban J connectivity index is 0. The third-order valence-electron chi connectivity index (χ3n) is 0.489. The van der Waals surface area contributed by atoms with E-state index < -0.39 is 0 Å². The predicted molar refractivity (Wildman–Crippen MR) is 34.2 cm³/mol. The van der Waals surface area contributed by atoms with Crippen molar-refractivity contribution in [2.75, 3.05) is 6.54 Å². The smallest absolute Gasteiger partial charge is 0.0353 e. The Morgan fingerprint density at radius 1 is 1.88 bits per heavy atom. The lowest BCUT2D eigenvalue weighted by Crippen LogP contribution is -2.13. The van der Waals surface area contributed by atoms with Gasteiger partial charge in [-0.05, 0) is 12.8 Å². The van der Waals surface area contributed by atoms with Crippen molar-refractivity contribution in [3.8, 4) is 0 Å². The second-order valence-corrected chi connectivity index (χ2v) is 1.02. The molecule has 0 aromatic rings. The summed E-state index contributed by atoms with van der Waals surface area (Å²) < 4.78 is 0. The molecule has 0 atom stereocenters. The molecule has 0 aliphatic heterocycles. The maximum absolute atomic E-state index is 10.1. The molecule has 0 bridgehead atoms. The minimum Gasteiger partial charge on any atom is -0.859 e. The second-order valence-electron chi connectivity index (χ2n) is 1.02. The van der Waals surface area contributed by atoms with Gasteiger partial charge in [0.2, 0.25) is 0 Å². The van der Waals surface area contributed by atoms with Gasteiger partial charge in [-0.25, -0.2) is 0 Å². The highest BCUT2D eigenvalue weighted by atomic mass is 16.3. The molecule has 0 aliphatic carbocycles. The molecule has 0 aliphatic rings. The molecule has 0 saturated carbocycles. The number of hydrogen-bond acceptors (Lipinski definition) is 2. The lowest BCUT2D eigenvalue weighted by molar-refractivity contribution is -0.212. The maximum atomic E-state index is 10.1. The van der Waals surface area contributed by atoms with Gasteiger partial charge in [0.05, 0.1) is 0 Å². The van der Waals surface area contributed by atoms with Gasteiger partial charge in [0.1, 0.15) is 0 Å². The van der Waals surface area contributed by atoms with E-state index in [1.165, 1.54) is 6.08 Å². The van der Waals surface area contributed by atoms with Gasteiger partial charge in [0, 0.05) is 6.54 Å². The zero-order valence-corrected chi connectivity index (χ0v) is 5.35. The van der Waals surface area contributed by atoms with Crippen LogP contribution in [-0.2, 0) is 0 Å². The van der Waals surface area contributed by atoms with Crippen LogP contribution in [0.4, 0.5) is 0 Å². The van der Waals surface area contributed by atoms with Crippen molar-refractivity contribution in [2.24, 2.45) is 4.99 Å². The molecule has 0 fully saturated rings. The minimum atomic E-state index is -0.234. The Hall–Kier alpha value is -0.830. The topological polar surface area (TPSA) is 71.9 Å². The zero-order valence-electron chi connectivity index (χ0n) is 5.35. The molecule has 3 heteroatoms. The van der Waals surface area contributed by atoms with Crippen LogP contribution in [-0.4, -0.2) is 12.4 Å². The van der Waals surface area contributed by atoms with E-state index >= 15 is 0 Å². The van der Waals surface area contributed by atoms with Gasteiger partial charge in [-0.2, -0.15) is 0 Å². The molecule has 48 valence electrons. The van der Waals surface area contributed by atoms with Gasteiger partial charge in [0.25, 0.3) is 0 Å². The summed E-state index contributed by atoms with van der Waals surface area (Å²) >= 11 is 0. The normalized spacial score (nSPS) is 9.88. The highest BCUT2D eigenvalue weighted by Crippen LogP contribution is 1.67. The van der Waals surface area contributed by atoms with Gasteiger partial charge in [0.15, 0.2) is 0 Å². The molecule has 0 spiro atoms. The first kappa shape index (κ1) is 10.2. The Kier molecular flexibility index (Phi) is 7.88. The fourth-order valence-electron chi connectivity index (χ4n) is 0.220. The third-order valence-corrected chi connectivity index (χ3v) is 0.489. The van der Waals surface area contributed by atoms with Crippen LogP contribution in [0.1, 0.15) is 6.92 Å². The van der Waals surface area contributed by atoms with Crippen molar-refractivity contribution in [1.82, 2.24) is 6.15 Å². The second kappa shape index (κ2) is 6.17. The largest absolute Gasteiger partial charge is 0.859 e. The van der Waals surface area contributed by atoms with Crippen molar-refractivity contribution in [1.29, 1.82) is 0 Å². The summed E-state index contributed by atoms with van der Waals surface area (Å²) in [5.74, 6) is -0.234. The standard InChI is InChI=1S/C5H9NO.H3N/c1-3-5(7)6-4-2;/h3H,1,4H2,2H3,(H,6,7);1H3. The van der Waals surface area contributed by atoms with Crippen LogP contribution in [0.3, 0.4) is 0 Å². The Morgan fingerprint density at radius 3 is 2.50 bits per heavy atom. The van der Waals surface area contributed by atoms with Crippen LogP contribution >= 0.6 is 0 Å². The molecule has 0 rings (SSSR count). The molecular weight excluding hydrogens is 104 g/mol. The van der Waals surface area contributed by atoms with E-state index in [1.54, 1.807) is 6.92 Å². The number of hydrogen-bond donors (Lipinski definition) is 1. The zero-order chi connectivity index (χ0) is 5.70. The minimum absolute atomic E-state index is 0. The van der Waals surface area contributed by atoms with Gasteiger partial charge in [-0.15, -0.1) is 0 Å². The average Bonchev–Trinajstić information content (AvgIpc) is 1.68. The van der Waals surface area contributed by atoms with Crippen molar-refractivity contribution < 1.29 is 5.11 Å². The van der Waals surface area contributed by atoms with E-state index in [2.05, 4.69) is 11.6 Å². The van der Waals surface area contributed by atoms with Crippen LogP contribution in [0.15, 0.2) is 17.6 Å². The molecule has 3 nitrogen and oxygen atoms in total. The van der Waals surface area contributed by atoms with Crippen LogP contribution in [0, 0.1) is 0 Å². The lowest BCUT2D eigenvalue weighted by Gasteiger charge is -1.99. The van der Waals surface area contributed by atoms with Crippen molar-refractivity contribution >= 4 is 5.90 Å². The van der Waals surface area contributed by atoms with E-state index in [0.717, 1.165) is 0 Å². The molecule has 0 heterocycles. The molecular formula is C5H12N2O. The first-order valence-corrected chi connectivity index (χ1v) is 2.15. The fraction of sp³-hybridized carbons (Fsp3) is 0.400. The summed E-state index contributed by atoms with van der Waals surface area (Å²) in [6.45, 7) is 5.59. The summed E-state index contributed by atoms with van der Waals surface area (Å²) in [6.07, 6.45) is 1.20. The SMILES string of the molecule is C=CC([O-])=NCC.[NH4+]. The van der Waals surface area contributed by atoms with E-state index in [0.29, 0.717) is 6.54 Å². The first-order valence-electron chi connectivity index (χ1n) is 2.15. The van der Waals surface area contributed by atoms with Gasteiger partial charge < -0.3 is 16.2 Å². The van der Waals surface area contributed by atoms with Crippen LogP contribution in [0.25, 0.3) is 0 Å². The van der Waals surface area contributed by atoms with E-state index in [9.17, 15) is 5.11 Å². The van der Waals surface area contributed by atoms with Gasteiger partial charge in [-0.1, -0.05) is 12.7 Å². The Bertz CT molecular complexity index is 88.4. The number of rotatable bonds is 2. The summed E-state index contributed by atoms with van der Waals surface area (Å²) in [5, 5.41) is 10.1. The van der Waals surface area contributed by atoms with Crippen molar-refractivity contribution in [3.63, 3.8) is 0 Å². The lowest BCUT2D eigenvalue weighted by atomic mass is 10.6. The third kappa shape index (κ3) is 5.17. The van der Waals surface area contributed by atoms with Crippen LogP contribution in [0.5, 0.6) is 0 Å². The predicted octanol–water partition coefficient (Wildman–Crippen LogP) is 0.327. The van der Waals surface area contributed by atoms with E-state index in [-0.39, 0.29) is 12.0 Å². The summed E-state index contributed by atoms with van der Waals surface area (Å²) in [4.78, 5) is 3.49. The molecule has 0 radical (unpaired) electrons. The maximum Gasteiger partial charge on any atom is 0.0353 e. The van der Waals surface area contributed by atoms with Crippen LogP contribution < -0.4 is 11.3 Å². The van der Waals surface area contributed by atoms with Gasteiger partial charge >= 0.3 is 0 Å². The summed E-state index contributed by atoms with van der Waals surface area (Å²) in [5.41, 5.74) is 0. The molecule has 0 saturated heterocycles. The molecule has 0 unspecified atom stereocenters. The first-order chi connectivity index (χ1) is 3.31. The number of nitrogens with zero attached hydrogens (tertiary/aromatic N) is 1. The van der Waals surface area contributed by atoms with E-state index in [4.69, 9.17) is 0 Å². The monoisotopic (exact) mass is 116 g/mol. The number of aliphatic imine (C=N–C) groups is 1. The van der Waals surface area contributed by atoms with E-state index in [1.807, 2.05) is 0 Å². The molecule has 8 heavy (non-hydrogen) atoms. The molecule has 4 N–H and O–H groups in total. The Labute approximate surface area is 49.3 Å². The van der Waals surface area contributed by atoms with Gasteiger partial charge in [-0.3, -0.25) is 0 Å². The molecule has 0 aromatic heterocycles. The van der Waals surface area contributed by atoms with Crippen molar-refractivity contribution in [3.05, 3.63) is 12.7 Å². The average molecular weight is 116 g/mol. The highest BCUT2D eigenvalue weighted by Gasteiger charge is 1.63. The summed E-state index contributed by atoms with van der Waals surface area (Å²) in [6, 6.07) is 0. The molecule has 0 aromatic carbocycles.